The summed E-state index contributed by atoms with van der Waals surface area (Å²) in [6, 6.07) is 23.0. The van der Waals surface area contributed by atoms with Crippen molar-refractivity contribution < 1.29 is 8.42 Å². The molecule has 0 aromatic heterocycles. The third-order valence-electron chi connectivity index (χ3n) is 4.60. The first-order chi connectivity index (χ1) is 12.0. The standard InChI is InChI=1S/C22H18O2S/c1-15-7-11-17(12-8-15)21-19-5-3-4-6-20(19)25(23,24)22(21)18-13-9-16(2)10-14-18/h3-14H,1-2H3. The van der Waals surface area contributed by atoms with Crippen molar-refractivity contribution in [2.75, 3.05) is 0 Å². The molecular formula is C22H18O2S. The van der Waals surface area contributed by atoms with Gasteiger partial charge in [0.05, 0.1) is 9.80 Å². The smallest absolute Gasteiger partial charge is 0.208 e. The van der Waals surface area contributed by atoms with Gasteiger partial charge in [0.2, 0.25) is 9.84 Å². The van der Waals surface area contributed by atoms with Crippen LogP contribution in [0.4, 0.5) is 0 Å². The molecule has 1 aliphatic rings. The van der Waals surface area contributed by atoms with Gasteiger partial charge in [-0.1, -0.05) is 77.9 Å². The molecule has 0 bridgehead atoms. The molecule has 0 spiro atoms. The molecule has 0 fully saturated rings. The second kappa shape index (κ2) is 5.71. The molecule has 0 amide bonds. The molecule has 4 rings (SSSR count). The fourth-order valence-electron chi connectivity index (χ4n) is 3.29. The quantitative estimate of drug-likeness (QED) is 0.654. The van der Waals surface area contributed by atoms with Gasteiger partial charge in [0, 0.05) is 11.1 Å². The molecule has 0 N–H and O–H groups in total. The van der Waals surface area contributed by atoms with E-state index in [4.69, 9.17) is 0 Å². The maximum Gasteiger partial charge on any atom is 0.208 e. The van der Waals surface area contributed by atoms with E-state index in [0.29, 0.717) is 9.80 Å². The third kappa shape index (κ3) is 2.52. The molecule has 25 heavy (non-hydrogen) atoms. The van der Waals surface area contributed by atoms with Crippen LogP contribution in [0.3, 0.4) is 0 Å². The predicted octanol–water partition coefficient (Wildman–Crippen LogP) is 5.01. The Bertz CT molecular complexity index is 1090. The van der Waals surface area contributed by atoms with Crippen LogP contribution in [-0.4, -0.2) is 8.42 Å². The topological polar surface area (TPSA) is 34.1 Å². The highest BCUT2D eigenvalue weighted by atomic mass is 32.2. The molecule has 3 aromatic rings. The fourth-order valence-corrected chi connectivity index (χ4v) is 5.17. The Morgan fingerprint density at radius 2 is 1.16 bits per heavy atom. The summed E-state index contributed by atoms with van der Waals surface area (Å²) in [5.41, 5.74) is 5.48. The van der Waals surface area contributed by atoms with Gasteiger partial charge < -0.3 is 0 Å². The van der Waals surface area contributed by atoms with Crippen LogP contribution in [0.1, 0.15) is 27.8 Å². The summed E-state index contributed by atoms with van der Waals surface area (Å²) in [7, 11) is -3.54. The number of hydrogen-bond donors (Lipinski definition) is 0. The summed E-state index contributed by atoms with van der Waals surface area (Å²) >= 11 is 0. The number of fused-ring (bicyclic) bond motifs is 1. The minimum Gasteiger partial charge on any atom is -0.218 e. The van der Waals surface area contributed by atoms with Crippen molar-refractivity contribution in [2.24, 2.45) is 0 Å². The van der Waals surface area contributed by atoms with Crippen LogP contribution in [-0.2, 0) is 9.84 Å². The van der Waals surface area contributed by atoms with Crippen molar-refractivity contribution in [2.45, 2.75) is 18.7 Å². The van der Waals surface area contributed by atoms with E-state index in [1.807, 2.05) is 74.5 Å². The summed E-state index contributed by atoms with van der Waals surface area (Å²) in [5.74, 6) is 0. The highest BCUT2D eigenvalue weighted by Gasteiger charge is 2.36. The van der Waals surface area contributed by atoms with Crippen LogP contribution >= 0.6 is 0 Å². The van der Waals surface area contributed by atoms with Crippen LogP contribution in [0.2, 0.25) is 0 Å². The molecule has 1 aliphatic heterocycles. The molecule has 0 saturated carbocycles. The van der Waals surface area contributed by atoms with Gasteiger partial charge in [0.15, 0.2) is 0 Å². The maximum atomic E-state index is 13.3. The first-order valence-corrected chi connectivity index (χ1v) is 9.69. The average molecular weight is 346 g/mol. The zero-order valence-electron chi connectivity index (χ0n) is 14.2. The molecule has 0 unspecified atom stereocenters. The van der Waals surface area contributed by atoms with Crippen LogP contribution in [0.15, 0.2) is 77.7 Å². The normalized spacial score (nSPS) is 15.3. The second-order valence-electron chi connectivity index (χ2n) is 6.44. The Hall–Kier alpha value is -2.65. The van der Waals surface area contributed by atoms with Crippen LogP contribution < -0.4 is 0 Å². The lowest BCUT2D eigenvalue weighted by atomic mass is 9.95. The highest BCUT2D eigenvalue weighted by Crippen LogP contribution is 2.47. The first-order valence-electron chi connectivity index (χ1n) is 8.21. The highest BCUT2D eigenvalue weighted by molar-refractivity contribution is 8.01. The van der Waals surface area contributed by atoms with E-state index in [1.165, 1.54) is 0 Å². The first kappa shape index (κ1) is 15.9. The van der Waals surface area contributed by atoms with E-state index < -0.39 is 9.84 Å². The van der Waals surface area contributed by atoms with Crippen molar-refractivity contribution in [3.8, 4) is 0 Å². The Balaban J connectivity index is 2.08. The van der Waals surface area contributed by atoms with E-state index >= 15 is 0 Å². The molecule has 3 aromatic carbocycles. The largest absolute Gasteiger partial charge is 0.218 e. The minimum atomic E-state index is -3.54. The Kier molecular flexibility index (Phi) is 3.62. The number of rotatable bonds is 2. The molecule has 0 aliphatic carbocycles. The molecule has 124 valence electrons. The minimum absolute atomic E-state index is 0.390. The van der Waals surface area contributed by atoms with Crippen molar-refractivity contribution in [1.82, 2.24) is 0 Å². The van der Waals surface area contributed by atoms with E-state index in [0.717, 1.165) is 33.4 Å². The average Bonchev–Trinajstić information content (AvgIpc) is 2.85. The fraction of sp³-hybridized carbons (Fsp3) is 0.0909. The van der Waals surface area contributed by atoms with Crippen molar-refractivity contribution in [3.05, 3.63) is 101 Å². The molecule has 3 heteroatoms. The SMILES string of the molecule is Cc1ccc(C2=C(c3ccc(C)cc3)S(=O)(=O)c3ccccc32)cc1. The number of benzene rings is 3. The van der Waals surface area contributed by atoms with Crippen molar-refractivity contribution in [1.29, 1.82) is 0 Å². The zero-order valence-corrected chi connectivity index (χ0v) is 15.0. The number of sulfone groups is 1. The predicted molar refractivity (Wildman–Crippen MR) is 102 cm³/mol. The van der Waals surface area contributed by atoms with Gasteiger partial charge >= 0.3 is 0 Å². The number of hydrogen-bond acceptors (Lipinski definition) is 2. The van der Waals surface area contributed by atoms with Gasteiger partial charge in [-0.3, -0.25) is 0 Å². The third-order valence-corrected chi connectivity index (χ3v) is 6.51. The van der Waals surface area contributed by atoms with Gasteiger partial charge in [0.25, 0.3) is 0 Å². The molecule has 2 nitrogen and oxygen atoms in total. The van der Waals surface area contributed by atoms with Crippen molar-refractivity contribution >= 4 is 20.3 Å². The monoisotopic (exact) mass is 346 g/mol. The van der Waals surface area contributed by atoms with Gasteiger partial charge in [0.1, 0.15) is 0 Å². The lowest BCUT2D eigenvalue weighted by Gasteiger charge is -2.09. The number of aryl methyl sites for hydroxylation is 2. The molecule has 0 saturated heterocycles. The summed E-state index contributed by atoms with van der Waals surface area (Å²) < 4.78 is 26.5. The van der Waals surface area contributed by atoms with Crippen LogP contribution in [0, 0.1) is 13.8 Å². The van der Waals surface area contributed by atoms with Gasteiger partial charge in [-0.15, -0.1) is 0 Å². The van der Waals surface area contributed by atoms with Gasteiger partial charge in [-0.05, 0) is 31.0 Å². The molecule has 0 atom stereocenters. The van der Waals surface area contributed by atoms with Crippen LogP contribution in [0.5, 0.6) is 0 Å². The summed E-state index contributed by atoms with van der Waals surface area (Å²) in [4.78, 5) is 0.790. The summed E-state index contributed by atoms with van der Waals surface area (Å²) in [6.07, 6.45) is 0. The summed E-state index contributed by atoms with van der Waals surface area (Å²) in [6.45, 7) is 4.02. The van der Waals surface area contributed by atoms with Crippen molar-refractivity contribution in [3.63, 3.8) is 0 Å². The van der Waals surface area contributed by atoms with E-state index in [1.54, 1.807) is 12.1 Å². The van der Waals surface area contributed by atoms with Crippen LogP contribution in [0.25, 0.3) is 10.5 Å². The lowest BCUT2D eigenvalue weighted by molar-refractivity contribution is 0.606. The van der Waals surface area contributed by atoms with E-state index in [9.17, 15) is 8.42 Å². The molecule has 1 heterocycles. The summed E-state index contributed by atoms with van der Waals surface area (Å²) in [5, 5.41) is 0. The second-order valence-corrected chi connectivity index (χ2v) is 8.29. The Morgan fingerprint density at radius 1 is 0.640 bits per heavy atom. The Labute approximate surface area is 148 Å². The molecular weight excluding hydrogens is 328 g/mol. The van der Waals surface area contributed by atoms with Gasteiger partial charge in [-0.2, -0.15) is 0 Å². The van der Waals surface area contributed by atoms with E-state index in [-0.39, 0.29) is 0 Å². The Morgan fingerprint density at radius 3 is 1.76 bits per heavy atom. The van der Waals surface area contributed by atoms with Gasteiger partial charge in [-0.25, -0.2) is 8.42 Å². The lowest BCUT2D eigenvalue weighted by Crippen LogP contribution is -2.00. The molecule has 0 radical (unpaired) electrons. The van der Waals surface area contributed by atoms with E-state index in [2.05, 4.69) is 0 Å². The maximum absolute atomic E-state index is 13.3. The zero-order chi connectivity index (χ0) is 17.6.